The fourth-order valence-corrected chi connectivity index (χ4v) is 2.86. The highest BCUT2D eigenvalue weighted by atomic mass is 35.5. The normalized spacial score (nSPS) is 13.1. The second kappa shape index (κ2) is 6.06. The Morgan fingerprint density at radius 3 is 2.71 bits per heavy atom. The fourth-order valence-electron chi connectivity index (χ4n) is 2.73. The molecule has 0 N–H and O–H groups in total. The van der Waals surface area contributed by atoms with E-state index >= 15 is 0 Å². The van der Waals surface area contributed by atoms with Crippen LogP contribution in [0.5, 0.6) is 11.5 Å². The van der Waals surface area contributed by atoms with Gasteiger partial charge in [-0.3, -0.25) is 0 Å². The van der Waals surface area contributed by atoms with Gasteiger partial charge in [-0.25, -0.2) is 4.79 Å². The lowest BCUT2D eigenvalue weighted by atomic mass is 10.00. The van der Waals surface area contributed by atoms with Gasteiger partial charge < -0.3 is 13.9 Å². The van der Waals surface area contributed by atoms with Gasteiger partial charge in [0.15, 0.2) is 0 Å². The SMILES string of the molecule is O=c1oc2ccccc2c2c1OCC=C2COc1ccc(Cl)cc1. The molecule has 1 aromatic heterocycles. The number of para-hydroxylation sites is 1. The van der Waals surface area contributed by atoms with Gasteiger partial charge in [-0.1, -0.05) is 29.8 Å². The van der Waals surface area contributed by atoms with Gasteiger partial charge >= 0.3 is 5.63 Å². The first-order valence-corrected chi connectivity index (χ1v) is 7.86. The van der Waals surface area contributed by atoms with Gasteiger partial charge in [-0.05, 0) is 36.4 Å². The van der Waals surface area contributed by atoms with Crippen LogP contribution in [0.4, 0.5) is 0 Å². The summed E-state index contributed by atoms with van der Waals surface area (Å²) in [6, 6.07) is 14.6. The van der Waals surface area contributed by atoms with Crippen LogP contribution in [0.1, 0.15) is 5.56 Å². The number of halogens is 1. The lowest BCUT2D eigenvalue weighted by molar-refractivity contribution is 0.328. The third-order valence-electron chi connectivity index (χ3n) is 3.86. The van der Waals surface area contributed by atoms with Gasteiger partial charge in [0.25, 0.3) is 0 Å². The lowest BCUT2D eigenvalue weighted by Gasteiger charge is -2.19. The van der Waals surface area contributed by atoms with Crippen molar-refractivity contribution in [2.24, 2.45) is 0 Å². The van der Waals surface area contributed by atoms with Crippen LogP contribution in [0, 0.1) is 0 Å². The summed E-state index contributed by atoms with van der Waals surface area (Å²) in [5.41, 5.74) is 1.70. The first-order valence-electron chi connectivity index (χ1n) is 7.49. The van der Waals surface area contributed by atoms with E-state index in [-0.39, 0.29) is 5.75 Å². The van der Waals surface area contributed by atoms with Crippen molar-refractivity contribution in [3.63, 3.8) is 0 Å². The molecule has 0 saturated carbocycles. The van der Waals surface area contributed by atoms with E-state index < -0.39 is 5.63 Å². The molecule has 0 bridgehead atoms. The van der Waals surface area contributed by atoms with Crippen molar-refractivity contribution in [1.82, 2.24) is 0 Å². The summed E-state index contributed by atoms with van der Waals surface area (Å²) in [6.07, 6.45) is 1.92. The number of ether oxygens (including phenoxy) is 2. The van der Waals surface area contributed by atoms with Crippen molar-refractivity contribution in [2.45, 2.75) is 0 Å². The Bertz CT molecular complexity index is 986. The molecule has 4 rings (SSSR count). The molecule has 5 heteroatoms. The zero-order valence-electron chi connectivity index (χ0n) is 12.6. The molecule has 0 atom stereocenters. The Morgan fingerprint density at radius 2 is 1.88 bits per heavy atom. The second-order valence-corrected chi connectivity index (χ2v) is 5.81. The van der Waals surface area contributed by atoms with E-state index in [1.807, 2.05) is 24.3 Å². The lowest BCUT2D eigenvalue weighted by Crippen LogP contribution is -2.17. The van der Waals surface area contributed by atoms with Crippen LogP contribution < -0.4 is 15.1 Å². The van der Waals surface area contributed by atoms with Crippen molar-refractivity contribution in [1.29, 1.82) is 0 Å². The van der Waals surface area contributed by atoms with Crippen LogP contribution in [0.25, 0.3) is 16.5 Å². The molecule has 0 aliphatic carbocycles. The minimum atomic E-state index is -0.471. The number of fused-ring (bicyclic) bond motifs is 3. The molecule has 4 nitrogen and oxygen atoms in total. The molecule has 3 aromatic rings. The third-order valence-corrected chi connectivity index (χ3v) is 4.11. The smallest absolute Gasteiger partial charge is 0.379 e. The second-order valence-electron chi connectivity index (χ2n) is 5.37. The minimum Gasteiger partial charge on any atom is -0.489 e. The van der Waals surface area contributed by atoms with Gasteiger partial charge in [0.05, 0.1) is 0 Å². The number of hydrogen-bond acceptors (Lipinski definition) is 4. The Labute approximate surface area is 142 Å². The predicted molar refractivity (Wildman–Crippen MR) is 92.9 cm³/mol. The van der Waals surface area contributed by atoms with E-state index in [4.69, 9.17) is 25.5 Å². The first kappa shape index (κ1) is 14.8. The van der Waals surface area contributed by atoms with Gasteiger partial charge in [0, 0.05) is 21.5 Å². The van der Waals surface area contributed by atoms with E-state index in [0.29, 0.717) is 29.6 Å². The summed E-state index contributed by atoms with van der Waals surface area (Å²) in [6.45, 7) is 0.640. The van der Waals surface area contributed by atoms with Crippen molar-refractivity contribution in [3.05, 3.63) is 75.6 Å². The van der Waals surface area contributed by atoms with Crippen LogP contribution in [0.2, 0.25) is 5.02 Å². The van der Waals surface area contributed by atoms with E-state index in [2.05, 4.69) is 0 Å². The highest BCUT2D eigenvalue weighted by molar-refractivity contribution is 6.30. The monoisotopic (exact) mass is 340 g/mol. The molecule has 1 aliphatic rings. The number of hydrogen-bond donors (Lipinski definition) is 0. The highest BCUT2D eigenvalue weighted by Gasteiger charge is 2.22. The van der Waals surface area contributed by atoms with E-state index in [0.717, 1.165) is 16.5 Å². The average molecular weight is 341 g/mol. The van der Waals surface area contributed by atoms with Crippen LogP contribution >= 0.6 is 11.6 Å². The molecular formula is C19H13ClO4. The van der Waals surface area contributed by atoms with Crippen LogP contribution in [-0.4, -0.2) is 13.2 Å². The first-order chi connectivity index (χ1) is 11.7. The van der Waals surface area contributed by atoms with Gasteiger partial charge in [0.1, 0.15) is 24.5 Å². The summed E-state index contributed by atoms with van der Waals surface area (Å²) in [5.74, 6) is 0.950. The van der Waals surface area contributed by atoms with Crippen molar-refractivity contribution in [3.8, 4) is 11.5 Å². The largest absolute Gasteiger partial charge is 0.489 e. The molecule has 24 heavy (non-hydrogen) atoms. The molecule has 1 aliphatic heterocycles. The van der Waals surface area contributed by atoms with Crippen LogP contribution in [0.15, 0.2) is 63.8 Å². The molecular weight excluding hydrogens is 328 g/mol. The Morgan fingerprint density at radius 1 is 1.08 bits per heavy atom. The maximum absolute atomic E-state index is 12.2. The zero-order valence-corrected chi connectivity index (χ0v) is 13.4. The quantitative estimate of drug-likeness (QED) is 0.667. The summed E-state index contributed by atoms with van der Waals surface area (Å²) < 4.78 is 16.7. The Hall–Kier alpha value is -2.72. The third kappa shape index (κ3) is 2.65. The fraction of sp³-hybridized carbons (Fsp3) is 0.105. The molecule has 0 unspecified atom stereocenters. The zero-order chi connectivity index (χ0) is 16.5. The Kier molecular flexibility index (Phi) is 3.75. The molecule has 0 radical (unpaired) electrons. The van der Waals surface area contributed by atoms with E-state index in [1.165, 1.54) is 0 Å². The topological polar surface area (TPSA) is 48.7 Å². The van der Waals surface area contributed by atoms with Gasteiger partial charge in [-0.2, -0.15) is 0 Å². The maximum atomic E-state index is 12.2. The van der Waals surface area contributed by atoms with Crippen LogP contribution in [0.3, 0.4) is 0 Å². The predicted octanol–water partition coefficient (Wildman–Crippen LogP) is 4.30. The van der Waals surface area contributed by atoms with Crippen molar-refractivity contribution in [2.75, 3.05) is 13.2 Å². The molecule has 0 saturated heterocycles. The van der Waals surface area contributed by atoms with Gasteiger partial charge in [-0.15, -0.1) is 0 Å². The average Bonchev–Trinajstić information content (AvgIpc) is 2.61. The van der Waals surface area contributed by atoms with E-state index in [1.54, 1.807) is 30.3 Å². The van der Waals surface area contributed by atoms with Crippen molar-refractivity contribution < 1.29 is 13.9 Å². The highest BCUT2D eigenvalue weighted by Crippen LogP contribution is 2.34. The number of benzene rings is 2. The van der Waals surface area contributed by atoms with Crippen molar-refractivity contribution >= 4 is 28.1 Å². The standard InChI is InChI=1S/C19H13ClO4/c20-13-5-7-14(8-6-13)23-11-12-9-10-22-18-17(12)15-3-1-2-4-16(15)24-19(18)21/h1-9H,10-11H2. The molecule has 0 amide bonds. The summed E-state index contributed by atoms with van der Waals surface area (Å²) in [7, 11) is 0. The minimum absolute atomic E-state index is 0.242. The van der Waals surface area contributed by atoms with Gasteiger partial charge in [0.2, 0.25) is 5.75 Å². The molecule has 0 fully saturated rings. The maximum Gasteiger partial charge on any atom is 0.379 e. The molecule has 0 spiro atoms. The summed E-state index contributed by atoms with van der Waals surface area (Å²) >= 11 is 5.88. The number of rotatable bonds is 3. The summed E-state index contributed by atoms with van der Waals surface area (Å²) in [4.78, 5) is 12.2. The summed E-state index contributed by atoms with van der Waals surface area (Å²) in [5, 5.41) is 1.49. The molecule has 2 aromatic carbocycles. The Balaban J connectivity index is 1.73. The van der Waals surface area contributed by atoms with E-state index in [9.17, 15) is 4.79 Å². The molecule has 2 heterocycles. The molecule has 120 valence electrons. The van der Waals surface area contributed by atoms with Crippen LogP contribution in [-0.2, 0) is 0 Å².